The molecule has 0 heterocycles. The molecule has 176 valence electrons. The van der Waals surface area contributed by atoms with Gasteiger partial charge < -0.3 is 10.6 Å². The largest absolute Gasteiger partial charge is 0.326 e. The molecular formula is C24H16Cl5FN2O2. The summed E-state index contributed by atoms with van der Waals surface area (Å²) in [5, 5.41) is 6.41. The fourth-order valence-corrected chi connectivity index (χ4v) is 5.35. The van der Waals surface area contributed by atoms with Crippen molar-refractivity contribution in [2.45, 2.75) is 17.2 Å². The molecule has 0 aromatic heterocycles. The molecule has 2 N–H and O–H groups in total. The summed E-state index contributed by atoms with van der Waals surface area (Å²) in [6, 6.07) is 13.4. The van der Waals surface area contributed by atoms with Crippen molar-refractivity contribution in [1.82, 2.24) is 0 Å². The first-order chi connectivity index (χ1) is 16.0. The van der Waals surface area contributed by atoms with Crippen LogP contribution in [0.25, 0.3) is 0 Å². The van der Waals surface area contributed by atoms with E-state index in [0.29, 0.717) is 32.5 Å². The number of aryl methyl sites for hydroxylation is 1. The van der Waals surface area contributed by atoms with Crippen LogP contribution < -0.4 is 10.6 Å². The number of halogens is 6. The molecule has 2 atom stereocenters. The minimum Gasteiger partial charge on any atom is -0.326 e. The van der Waals surface area contributed by atoms with Gasteiger partial charge in [0.2, 0.25) is 5.91 Å². The molecule has 2 unspecified atom stereocenters. The van der Waals surface area contributed by atoms with Crippen molar-refractivity contribution in [3.63, 3.8) is 0 Å². The van der Waals surface area contributed by atoms with Crippen molar-refractivity contribution < 1.29 is 14.0 Å². The van der Waals surface area contributed by atoms with Gasteiger partial charge in [-0.05, 0) is 72.6 Å². The second kappa shape index (κ2) is 9.56. The van der Waals surface area contributed by atoms with E-state index >= 15 is 0 Å². The Morgan fingerprint density at radius 1 is 0.912 bits per heavy atom. The number of amides is 2. The Hall–Kier alpha value is -2.02. The Kier molecular flexibility index (Phi) is 7.05. The zero-order valence-corrected chi connectivity index (χ0v) is 21.2. The van der Waals surface area contributed by atoms with E-state index in [-0.39, 0.29) is 10.6 Å². The summed E-state index contributed by atoms with van der Waals surface area (Å²) in [5.74, 6) is -2.64. The summed E-state index contributed by atoms with van der Waals surface area (Å²) in [5.41, 5.74) is 2.09. The van der Waals surface area contributed by atoms with Gasteiger partial charge in [-0.15, -0.1) is 23.2 Å². The van der Waals surface area contributed by atoms with Gasteiger partial charge in [0.05, 0.1) is 16.5 Å². The Bertz CT molecular complexity index is 1290. The van der Waals surface area contributed by atoms with Crippen LogP contribution in [0, 0.1) is 18.7 Å². The number of alkyl halides is 2. The van der Waals surface area contributed by atoms with Crippen LogP contribution in [-0.2, 0) is 4.79 Å². The van der Waals surface area contributed by atoms with Crippen LogP contribution in [0.3, 0.4) is 0 Å². The normalized spacial score (nSPS) is 18.3. The first kappa shape index (κ1) is 25.1. The molecule has 3 aromatic rings. The Labute approximate surface area is 220 Å². The van der Waals surface area contributed by atoms with E-state index in [0.717, 1.165) is 0 Å². The molecule has 4 nitrogen and oxygen atoms in total. The van der Waals surface area contributed by atoms with Crippen molar-refractivity contribution in [1.29, 1.82) is 0 Å². The lowest BCUT2D eigenvalue weighted by atomic mass is 10.1. The molecule has 4 rings (SSSR count). The van der Waals surface area contributed by atoms with E-state index in [4.69, 9.17) is 58.0 Å². The first-order valence-corrected chi connectivity index (χ1v) is 11.9. The van der Waals surface area contributed by atoms with E-state index < -0.39 is 33.8 Å². The zero-order chi connectivity index (χ0) is 24.8. The number of carbonyl (C=O) groups excluding carboxylic acids is 2. The van der Waals surface area contributed by atoms with E-state index in [1.54, 1.807) is 31.2 Å². The fourth-order valence-electron chi connectivity index (χ4n) is 3.78. The number of rotatable bonds is 5. The lowest BCUT2D eigenvalue weighted by molar-refractivity contribution is -0.117. The molecule has 1 saturated carbocycles. The Balaban J connectivity index is 1.52. The number of anilines is 2. The fraction of sp³-hybridized carbons (Fsp3) is 0.167. The summed E-state index contributed by atoms with van der Waals surface area (Å²) in [6.07, 6.45) is 0. The average Bonchev–Trinajstić information content (AvgIpc) is 3.33. The Morgan fingerprint density at radius 2 is 1.59 bits per heavy atom. The van der Waals surface area contributed by atoms with Gasteiger partial charge in [-0.25, -0.2) is 4.39 Å². The molecule has 0 spiro atoms. The predicted molar refractivity (Wildman–Crippen MR) is 136 cm³/mol. The van der Waals surface area contributed by atoms with Crippen LogP contribution in [-0.4, -0.2) is 16.1 Å². The van der Waals surface area contributed by atoms with Gasteiger partial charge in [-0.2, -0.15) is 0 Å². The average molecular weight is 561 g/mol. The number of carbonyl (C=O) groups is 2. The van der Waals surface area contributed by atoms with Gasteiger partial charge in [0.15, 0.2) is 0 Å². The number of nitrogens with one attached hydrogen (secondary N) is 2. The molecular weight excluding hydrogens is 545 g/mol. The monoisotopic (exact) mass is 558 g/mol. The van der Waals surface area contributed by atoms with E-state index in [9.17, 15) is 14.0 Å². The third-order valence-electron chi connectivity index (χ3n) is 5.50. The molecule has 34 heavy (non-hydrogen) atoms. The molecule has 0 aliphatic heterocycles. The molecule has 1 aliphatic rings. The van der Waals surface area contributed by atoms with E-state index in [1.165, 1.54) is 30.3 Å². The standard InChI is InChI=1S/C24H16Cl5FN2O2/c1-11-6-15(30)2-5-19(11)32-22(33)17-10-16(3-4-18(17)27)31-23(34)21-20(24(21,28)29)12-7-13(25)9-14(26)8-12/h2-10,20-21H,1H3,(H,31,34)(H,32,33). The number of hydrogen-bond donors (Lipinski definition) is 2. The second-order valence-corrected chi connectivity index (χ2v) is 10.7. The molecule has 3 aromatic carbocycles. The highest BCUT2D eigenvalue weighted by Gasteiger charge is 2.67. The predicted octanol–water partition coefficient (Wildman–Crippen LogP) is 7.87. The SMILES string of the molecule is Cc1cc(F)ccc1NC(=O)c1cc(NC(=O)C2C(c3cc(Cl)cc(Cl)c3)C2(Cl)Cl)ccc1Cl. The summed E-state index contributed by atoms with van der Waals surface area (Å²) >= 11 is 31.2. The molecule has 0 radical (unpaired) electrons. The first-order valence-electron chi connectivity index (χ1n) is 9.99. The third kappa shape index (κ3) is 5.14. The lowest BCUT2D eigenvalue weighted by Crippen LogP contribution is -2.18. The zero-order valence-electron chi connectivity index (χ0n) is 17.4. The summed E-state index contributed by atoms with van der Waals surface area (Å²) in [6.45, 7) is 1.67. The summed E-state index contributed by atoms with van der Waals surface area (Å²) in [7, 11) is 0. The van der Waals surface area contributed by atoms with Crippen LogP contribution in [0.15, 0.2) is 54.6 Å². The van der Waals surface area contributed by atoms with Gasteiger partial charge in [0.1, 0.15) is 10.2 Å². The second-order valence-electron chi connectivity index (χ2n) is 7.93. The molecule has 10 heteroatoms. The third-order valence-corrected chi connectivity index (χ3v) is 7.20. The van der Waals surface area contributed by atoms with Gasteiger partial charge in [-0.3, -0.25) is 9.59 Å². The van der Waals surface area contributed by atoms with Crippen LogP contribution in [0.2, 0.25) is 15.1 Å². The summed E-state index contributed by atoms with van der Waals surface area (Å²) in [4.78, 5) is 25.8. The smallest absolute Gasteiger partial charge is 0.257 e. The highest BCUT2D eigenvalue weighted by molar-refractivity contribution is 6.53. The topological polar surface area (TPSA) is 58.2 Å². The summed E-state index contributed by atoms with van der Waals surface area (Å²) < 4.78 is 12.0. The highest BCUT2D eigenvalue weighted by Crippen LogP contribution is 2.65. The van der Waals surface area contributed by atoms with Crippen molar-refractivity contribution in [2.75, 3.05) is 10.6 Å². The van der Waals surface area contributed by atoms with Crippen molar-refractivity contribution >= 4 is 81.2 Å². The highest BCUT2D eigenvalue weighted by atomic mass is 35.5. The maximum absolute atomic E-state index is 13.3. The van der Waals surface area contributed by atoms with Gasteiger partial charge in [0.25, 0.3) is 5.91 Å². The molecule has 0 saturated heterocycles. The molecule has 2 amide bonds. The quantitative estimate of drug-likeness (QED) is 0.312. The van der Waals surface area contributed by atoms with E-state index in [1.807, 2.05) is 0 Å². The minimum absolute atomic E-state index is 0.125. The minimum atomic E-state index is -1.34. The molecule has 1 fully saturated rings. The van der Waals surface area contributed by atoms with Crippen molar-refractivity contribution in [3.8, 4) is 0 Å². The van der Waals surface area contributed by atoms with Crippen LogP contribution in [0.4, 0.5) is 15.8 Å². The van der Waals surface area contributed by atoms with Gasteiger partial charge >= 0.3 is 0 Å². The molecule has 1 aliphatic carbocycles. The maximum Gasteiger partial charge on any atom is 0.257 e. The van der Waals surface area contributed by atoms with Crippen LogP contribution in [0.1, 0.15) is 27.4 Å². The lowest BCUT2D eigenvalue weighted by Gasteiger charge is -2.12. The van der Waals surface area contributed by atoms with E-state index in [2.05, 4.69) is 10.6 Å². The van der Waals surface area contributed by atoms with Gasteiger partial charge in [-0.1, -0.05) is 34.8 Å². The van der Waals surface area contributed by atoms with Crippen LogP contribution in [0.5, 0.6) is 0 Å². The maximum atomic E-state index is 13.3. The Morgan fingerprint density at radius 3 is 2.24 bits per heavy atom. The van der Waals surface area contributed by atoms with Crippen molar-refractivity contribution in [3.05, 3.63) is 92.2 Å². The van der Waals surface area contributed by atoms with Crippen molar-refractivity contribution in [2.24, 2.45) is 5.92 Å². The molecule has 0 bridgehead atoms. The number of benzene rings is 3. The number of hydrogen-bond acceptors (Lipinski definition) is 2. The van der Waals surface area contributed by atoms with Crippen LogP contribution >= 0.6 is 58.0 Å². The van der Waals surface area contributed by atoms with Gasteiger partial charge in [0, 0.05) is 27.3 Å².